The summed E-state index contributed by atoms with van der Waals surface area (Å²) in [5.74, 6) is 0. The minimum absolute atomic E-state index is 0.188. The summed E-state index contributed by atoms with van der Waals surface area (Å²) in [4.78, 5) is 22.6. The molecule has 198 valence electrons. The molecule has 0 amide bonds. The molecule has 0 bridgehead atoms. The van der Waals surface area contributed by atoms with Crippen LogP contribution in [0.25, 0.3) is 0 Å². The number of carbonyl (C=O) groups excluding carboxylic acids is 1. The minimum atomic E-state index is -1.91. The number of carbonyl (C=O) groups is 1. The highest BCUT2D eigenvalue weighted by atomic mass is 31.2. The molecule has 0 spiro atoms. The van der Waals surface area contributed by atoms with Gasteiger partial charge in [-0.25, -0.2) is 0 Å². The molecule has 0 aliphatic rings. The zero-order chi connectivity index (χ0) is 24.4. The quantitative estimate of drug-likeness (QED) is 0.0734. The third-order valence-electron chi connectivity index (χ3n) is 5.95. The van der Waals surface area contributed by atoms with E-state index in [2.05, 4.69) is 11.8 Å². The standard InChI is InChI=1S/C26H54NO5P/c1-4-5-6-7-8-9-10-11-12-13-14-15-16-17-18-19-21-26(30-25-28)24-32-33(29)31-23-20-22-27(2)3/h25-26,29H,4-24H2,1-3H3. The average Bonchev–Trinajstić information content (AvgIpc) is 2.79. The molecule has 0 saturated carbocycles. The van der Waals surface area contributed by atoms with Crippen molar-refractivity contribution < 1.29 is 23.5 Å². The summed E-state index contributed by atoms with van der Waals surface area (Å²) in [5, 5.41) is 0. The van der Waals surface area contributed by atoms with Crippen LogP contribution in [0.3, 0.4) is 0 Å². The number of hydrogen-bond donors (Lipinski definition) is 1. The lowest BCUT2D eigenvalue weighted by Gasteiger charge is -2.17. The lowest BCUT2D eigenvalue weighted by Crippen LogP contribution is -2.19. The Bertz CT molecular complexity index is 401. The van der Waals surface area contributed by atoms with E-state index in [-0.39, 0.29) is 12.7 Å². The van der Waals surface area contributed by atoms with E-state index in [1.165, 1.54) is 89.9 Å². The minimum Gasteiger partial charge on any atom is -0.462 e. The van der Waals surface area contributed by atoms with Gasteiger partial charge in [-0.2, -0.15) is 0 Å². The van der Waals surface area contributed by atoms with Crippen molar-refractivity contribution in [2.45, 2.75) is 129 Å². The van der Waals surface area contributed by atoms with Crippen LogP contribution >= 0.6 is 8.60 Å². The smallest absolute Gasteiger partial charge is 0.329 e. The van der Waals surface area contributed by atoms with Gasteiger partial charge >= 0.3 is 8.60 Å². The maximum atomic E-state index is 10.7. The van der Waals surface area contributed by atoms with Crippen LogP contribution in [0, 0.1) is 0 Å². The maximum absolute atomic E-state index is 10.7. The van der Waals surface area contributed by atoms with Crippen molar-refractivity contribution in [2.24, 2.45) is 0 Å². The van der Waals surface area contributed by atoms with Crippen molar-refractivity contribution in [1.82, 2.24) is 4.90 Å². The molecule has 0 heterocycles. The van der Waals surface area contributed by atoms with Gasteiger partial charge in [0.15, 0.2) is 0 Å². The molecule has 2 atom stereocenters. The molecule has 0 aromatic carbocycles. The van der Waals surface area contributed by atoms with Crippen LogP contribution in [0.5, 0.6) is 0 Å². The lowest BCUT2D eigenvalue weighted by atomic mass is 10.0. The van der Waals surface area contributed by atoms with Crippen LogP contribution in [0.4, 0.5) is 0 Å². The van der Waals surface area contributed by atoms with Crippen LogP contribution in [-0.4, -0.2) is 56.2 Å². The van der Waals surface area contributed by atoms with E-state index in [9.17, 15) is 9.69 Å². The van der Waals surface area contributed by atoms with Crippen molar-refractivity contribution in [3.05, 3.63) is 0 Å². The molecule has 0 fully saturated rings. The van der Waals surface area contributed by atoms with E-state index in [1.54, 1.807) is 0 Å². The van der Waals surface area contributed by atoms with Crippen LogP contribution in [-0.2, 0) is 18.6 Å². The molecule has 0 aromatic heterocycles. The van der Waals surface area contributed by atoms with Gasteiger partial charge in [0.1, 0.15) is 6.10 Å². The third-order valence-corrected chi connectivity index (χ3v) is 6.72. The largest absolute Gasteiger partial charge is 0.462 e. The Balaban J connectivity index is 3.48. The van der Waals surface area contributed by atoms with Gasteiger partial charge in [0.25, 0.3) is 6.47 Å². The van der Waals surface area contributed by atoms with E-state index in [0.29, 0.717) is 13.1 Å². The van der Waals surface area contributed by atoms with Gasteiger partial charge in [0, 0.05) is 0 Å². The fourth-order valence-electron chi connectivity index (χ4n) is 3.90. The average molecular weight is 492 g/mol. The first-order valence-corrected chi connectivity index (χ1v) is 14.7. The molecule has 0 saturated heterocycles. The second-order valence-electron chi connectivity index (χ2n) is 9.47. The van der Waals surface area contributed by atoms with Crippen LogP contribution in [0.15, 0.2) is 0 Å². The number of nitrogens with zero attached hydrogens (tertiary/aromatic N) is 1. The number of hydrogen-bond acceptors (Lipinski definition) is 6. The van der Waals surface area contributed by atoms with Crippen LogP contribution < -0.4 is 0 Å². The van der Waals surface area contributed by atoms with Gasteiger partial charge in [-0.15, -0.1) is 0 Å². The van der Waals surface area contributed by atoms with Gasteiger partial charge in [-0.3, -0.25) is 4.79 Å². The zero-order valence-electron chi connectivity index (χ0n) is 22.0. The van der Waals surface area contributed by atoms with Crippen molar-refractivity contribution in [1.29, 1.82) is 0 Å². The van der Waals surface area contributed by atoms with Gasteiger partial charge in [-0.1, -0.05) is 103 Å². The highest BCUT2D eigenvalue weighted by Gasteiger charge is 2.14. The van der Waals surface area contributed by atoms with E-state index in [1.807, 2.05) is 14.1 Å². The summed E-state index contributed by atoms with van der Waals surface area (Å²) in [5.41, 5.74) is 0. The fourth-order valence-corrected chi connectivity index (χ4v) is 4.55. The van der Waals surface area contributed by atoms with Gasteiger partial charge < -0.3 is 23.6 Å². The number of ether oxygens (including phenoxy) is 1. The highest BCUT2D eigenvalue weighted by Crippen LogP contribution is 2.33. The summed E-state index contributed by atoms with van der Waals surface area (Å²) in [6, 6.07) is 0. The van der Waals surface area contributed by atoms with Crippen LogP contribution in [0.2, 0.25) is 0 Å². The molecule has 0 radical (unpaired) electrons. The van der Waals surface area contributed by atoms with E-state index in [0.717, 1.165) is 32.2 Å². The first-order chi connectivity index (χ1) is 16.1. The lowest BCUT2D eigenvalue weighted by molar-refractivity contribution is -0.135. The van der Waals surface area contributed by atoms with E-state index < -0.39 is 8.60 Å². The van der Waals surface area contributed by atoms with Crippen molar-refractivity contribution >= 4 is 15.1 Å². The number of rotatable bonds is 27. The van der Waals surface area contributed by atoms with Crippen molar-refractivity contribution in [2.75, 3.05) is 33.9 Å². The molecule has 1 N–H and O–H groups in total. The second-order valence-corrected chi connectivity index (χ2v) is 10.5. The second kappa shape index (κ2) is 26.3. The predicted molar refractivity (Wildman–Crippen MR) is 139 cm³/mol. The molecule has 33 heavy (non-hydrogen) atoms. The first-order valence-electron chi connectivity index (χ1n) is 13.6. The fraction of sp³-hybridized carbons (Fsp3) is 0.962. The first kappa shape index (κ1) is 32.7. The summed E-state index contributed by atoms with van der Waals surface area (Å²) >= 11 is 0. The predicted octanol–water partition coefficient (Wildman–Crippen LogP) is 7.38. The summed E-state index contributed by atoms with van der Waals surface area (Å²) in [7, 11) is 2.09. The van der Waals surface area contributed by atoms with Crippen LogP contribution in [0.1, 0.15) is 122 Å². The topological polar surface area (TPSA) is 68.2 Å². The van der Waals surface area contributed by atoms with E-state index in [4.69, 9.17) is 13.8 Å². The summed E-state index contributed by atoms with van der Waals surface area (Å²) in [6.07, 6.45) is 22.7. The zero-order valence-corrected chi connectivity index (χ0v) is 22.9. The molecule has 2 unspecified atom stereocenters. The molecular formula is C26H54NO5P. The monoisotopic (exact) mass is 491 g/mol. The molecule has 0 aliphatic carbocycles. The van der Waals surface area contributed by atoms with Gasteiger partial charge in [0.05, 0.1) is 13.2 Å². The SMILES string of the molecule is CCCCCCCCCCCCCCCCCCC(COP(O)OCCCN(C)C)OC=O. The normalized spacial score (nSPS) is 13.4. The molecule has 6 nitrogen and oxygen atoms in total. The Morgan fingerprint density at radius 2 is 1.24 bits per heavy atom. The number of unbranched alkanes of at least 4 members (excludes halogenated alkanes) is 15. The van der Waals surface area contributed by atoms with Crippen molar-refractivity contribution in [3.8, 4) is 0 Å². The molecule has 0 rings (SSSR count). The molecule has 0 aliphatic heterocycles. The Hall–Kier alpha value is -0.260. The Morgan fingerprint density at radius 1 is 0.758 bits per heavy atom. The molecule has 7 heteroatoms. The summed E-state index contributed by atoms with van der Waals surface area (Å²) in [6.45, 7) is 4.29. The summed E-state index contributed by atoms with van der Waals surface area (Å²) < 4.78 is 15.7. The molecule has 0 aromatic rings. The van der Waals surface area contributed by atoms with Crippen molar-refractivity contribution in [3.63, 3.8) is 0 Å². The van der Waals surface area contributed by atoms with Gasteiger partial charge in [-0.05, 0) is 39.9 Å². The molecular weight excluding hydrogens is 437 g/mol. The van der Waals surface area contributed by atoms with Gasteiger partial charge in [0.2, 0.25) is 0 Å². The van der Waals surface area contributed by atoms with E-state index >= 15 is 0 Å². The Kier molecular flexibility index (Phi) is 26.1. The maximum Gasteiger partial charge on any atom is 0.329 e. The third kappa shape index (κ3) is 26.2. The Labute approximate surface area is 206 Å². The Morgan fingerprint density at radius 3 is 1.70 bits per heavy atom. The highest BCUT2D eigenvalue weighted by molar-refractivity contribution is 7.40.